The summed E-state index contributed by atoms with van der Waals surface area (Å²) in [6, 6.07) is 6.61. The van der Waals surface area contributed by atoms with Crippen molar-refractivity contribution in [3.63, 3.8) is 0 Å². The SMILES string of the molecule is CC(C)=CCCC12OC1C(=O)c1c(c(O)c3ccccc3c1O)C2=O. The van der Waals surface area contributed by atoms with Crippen molar-refractivity contribution in [3.8, 4) is 11.5 Å². The van der Waals surface area contributed by atoms with E-state index in [9.17, 15) is 19.8 Å². The van der Waals surface area contributed by atoms with E-state index in [1.807, 2.05) is 19.9 Å². The van der Waals surface area contributed by atoms with Gasteiger partial charge in [0.25, 0.3) is 0 Å². The Morgan fingerprint density at radius 2 is 1.72 bits per heavy atom. The second-order valence-corrected chi connectivity index (χ2v) is 6.89. The van der Waals surface area contributed by atoms with Crippen molar-refractivity contribution in [1.82, 2.24) is 0 Å². The van der Waals surface area contributed by atoms with Crippen LogP contribution in [-0.4, -0.2) is 33.5 Å². The first kappa shape index (κ1) is 15.8. The van der Waals surface area contributed by atoms with Gasteiger partial charge >= 0.3 is 0 Å². The summed E-state index contributed by atoms with van der Waals surface area (Å²) in [5, 5.41) is 21.8. The number of aromatic hydroxyl groups is 2. The molecule has 1 aliphatic carbocycles. The Morgan fingerprint density at radius 1 is 1.12 bits per heavy atom. The molecule has 25 heavy (non-hydrogen) atoms. The number of phenols is 2. The predicted octanol–water partition coefficient (Wildman–Crippen LogP) is 3.51. The minimum Gasteiger partial charge on any atom is -0.507 e. The number of carbonyl (C=O) groups is 2. The highest BCUT2D eigenvalue weighted by Crippen LogP contribution is 2.54. The fourth-order valence-corrected chi connectivity index (χ4v) is 3.70. The zero-order chi connectivity index (χ0) is 17.9. The fraction of sp³-hybridized carbons (Fsp3) is 0.300. The van der Waals surface area contributed by atoms with Crippen molar-refractivity contribution < 1.29 is 24.5 Å². The molecule has 0 spiro atoms. The molecule has 2 N–H and O–H groups in total. The van der Waals surface area contributed by atoms with Crippen LogP contribution in [0.25, 0.3) is 10.8 Å². The largest absolute Gasteiger partial charge is 0.507 e. The van der Waals surface area contributed by atoms with Crippen molar-refractivity contribution in [2.24, 2.45) is 0 Å². The summed E-state index contributed by atoms with van der Waals surface area (Å²) in [5.41, 5.74) is -0.327. The standard InChI is InChI=1S/C20H18O5/c1-10(2)6-5-9-20-18(24)14-13(17(23)19(20)25-20)15(21)11-7-3-4-8-12(11)16(14)22/h3-4,6-8,19,21-22H,5,9H2,1-2H3. The summed E-state index contributed by atoms with van der Waals surface area (Å²) >= 11 is 0. The number of ether oxygens (including phenoxy) is 1. The van der Waals surface area contributed by atoms with Gasteiger partial charge < -0.3 is 14.9 Å². The van der Waals surface area contributed by atoms with E-state index >= 15 is 0 Å². The van der Waals surface area contributed by atoms with E-state index in [0.717, 1.165) is 5.57 Å². The van der Waals surface area contributed by atoms with Gasteiger partial charge in [0.15, 0.2) is 17.5 Å². The number of carbonyl (C=O) groups excluding carboxylic acids is 2. The molecule has 2 aromatic rings. The Morgan fingerprint density at radius 3 is 2.32 bits per heavy atom. The van der Waals surface area contributed by atoms with E-state index in [4.69, 9.17) is 4.74 Å². The fourth-order valence-electron chi connectivity index (χ4n) is 3.70. The summed E-state index contributed by atoms with van der Waals surface area (Å²) < 4.78 is 5.54. The summed E-state index contributed by atoms with van der Waals surface area (Å²) in [7, 11) is 0. The molecule has 0 aromatic heterocycles. The molecule has 0 amide bonds. The number of Topliss-reactive ketones (excluding diaryl/α,β-unsaturated/α-hetero) is 2. The third kappa shape index (κ3) is 2.05. The quantitative estimate of drug-likeness (QED) is 0.508. The lowest BCUT2D eigenvalue weighted by Gasteiger charge is -2.21. The lowest BCUT2D eigenvalue weighted by atomic mass is 9.77. The number of benzene rings is 2. The molecular formula is C20H18O5. The van der Waals surface area contributed by atoms with Crippen LogP contribution in [0.3, 0.4) is 0 Å². The van der Waals surface area contributed by atoms with Crippen molar-refractivity contribution >= 4 is 22.3 Å². The molecule has 5 nitrogen and oxygen atoms in total. The van der Waals surface area contributed by atoms with Crippen molar-refractivity contribution in [1.29, 1.82) is 0 Å². The van der Waals surface area contributed by atoms with Crippen LogP contribution in [0.15, 0.2) is 35.9 Å². The predicted molar refractivity (Wildman–Crippen MR) is 92.2 cm³/mol. The third-order valence-corrected chi connectivity index (χ3v) is 5.02. The van der Waals surface area contributed by atoms with Gasteiger partial charge in [-0.2, -0.15) is 0 Å². The average molecular weight is 338 g/mol. The van der Waals surface area contributed by atoms with Gasteiger partial charge in [0, 0.05) is 10.8 Å². The lowest BCUT2D eigenvalue weighted by Crippen LogP contribution is -2.37. The van der Waals surface area contributed by atoms with Gasteiger partial charge in [0.2, 0.25) is 5.78 Å². The molecule has 4 rings (SSSR count). The number of ketones is 2. The highest BCUT2D eigenvalue weighted by Gasteiger charge is 2.69. The van der Waals surface area contributed by atoms with Crippen LogP contribution in [0.2, 0.25) is 0 Å². The Hall–Kier alpha value is -2.66. The van der Waals surface area contributed by atoms with E-state index < -0.39 is 23.3 Å². The Labute approximate surface area is 144 Å². The summed E-state index contributed by atoms with van der Waals surface area (Å²) in [4.78, 5) is 25.8. The smallest absolute Gasteiger partial charge is 0.202 e. The van der Waals surface area contributed by atoms with Crippen LogP contribution >= 0.6 is 0 Å². The molecule has 5 heteroatoms. The van der Waals surface area contributed by atoms with Crippen LogP contribution in [-0.2, 0) is 4.74 Å². The van der Waals surface area contributed by atoms with Crippen LogP contribution in [0.5, 0.6) is 11.5 Å². The number of rotatable bonds is 3. The van der Waals surface area contributed by atoms with E-state index in [0.29, 0.717) is 23.6 Å². The average Bonchev–Trinajstić information content (AvgIpc) is 3.32. The molecule has 0 bridgehead atoms. The van der Waals surface area contributed by atoms with Gasteiger partial charge in [-0.25, -0.2) is 0 Å². The van der Waals surface area contributed by atoms with E-state index in [2.05, 4.69) is 0 Å². The molecule has 1 saturated heterocycles. The van der Waals surface area contributed by atoms with Crippen molar-refractivity contribution in [2.75, 3.05) is 0 Å². The van der Waals surface area contributed by atoms with Gasteiger partial charge in [-0.15, -0.1) is 0 Å². The molecule has 128 valence electrons. The summed E-state index contributed by atoms with van der Waals surface area (Å²) in [6.07, 6.45) is 2.09. The number of phenolic OH excluding ortho intramolecular Hbond substituents is 2. The monoisotopic (exact) mass is 338 g/mol. The molecule has 2 unspecified atom stereocenters. The lowest BCUT2D eigenvalue weighted by molar-refractivity contribution is 0.0849. The first-order valence-electron chi connectivity index (χ1n) is 8.25. The normalized spacial score (nSPS) is 24.0. The Bertz CT molecular complexity index is 968. The number of allylic oxidation sites excluding steroid dienone is 2. The molecule has 2 aromatic carbocycles. The molecule has 1 aliphatic heterocycles. The van der Waals surface area contributed by atoms with E-state index in [-0.39, 0.29) is 22.6 Å². The van der Waals surface area contributed by atoms with Gasteiger partial charge in [-0.3, -0.25) is 9.59 Å². The van der Waals surface area contributed by atoms with Crippen LogP contribution in [0.1, 0.15) is 47.4 Å². The molecule has 0 radical (unpaired) electrons. The maximum atomic E-state index is 13.0. The van der Waals surface area contributed by atoms with Crippen LogP contribution < -0.4 is 0 Å². The summed E-state index contributed by atoms with van der Waals surface area (Å²) in [6.45, 7) is 3.92. The number of fused-ring (bicyclic) bond motifs is 3. The number of hydrogen-bond donors (Lipinski definition) is 2. The Balaban J connectivity index is 1.88. The molecule has 2 atom stereocenters. The van der Waals surface area contributed by atoms with Gasteiger partial charge in [-0.05, 0) is 26.7 Å². The van der Waals surface area contributed by atoms with Crippen molar-refractivity contribution in [2.45, 2.75) is 38.4 Å². The molecule has 2 aliphatic rings. The van der Waals surface area contributed by atoms with Crippen LogP contribution in [0, 0.1) is 0 Å². The molecule has 1 heterocycles. The number of epoxide rings is 1. The zero-order valence-corrected chi connectivity index (χ0v) is 14.0. The second kappa shape index (κ2) is 5.17. The van der Waals surface area contributed by atoms with E-state index in [1.54, 1.807) is 24.3 Å². The number of hydrogen-bond acceptors (Lipinski definition) is 5. The Kier molecular flexibility index (Phi) is 3.27. The van der Waals surface area contributed by atoms with E-state index in [1.165, 1.54) is 0 Å². The highest BCUT2D eigenvalue weighted by molar-refractivity contribution is 6.27. The van der Waals surface area contributed by atoms with Gasteiger partial charge in [0.05, 0.1) is 11.1 Å². The van der Waals surface area contributed by atoms with Gasteiger partial charge in [0.1, 0.15) is 11.5 Å². The summed E-state index contributed by atoms with van der Waals surface area (Å²) in [5.74, 6) is -1.40. The topological polar surface area (TPSA) is 87.1 Å². The molecule has 1 fully saturated rings. The minimum atomic E-state index is -1.21. The minimum absolute atomic E-state index is 0.118. The molecular weight excluding hydrogens is 320 g/mol. The molecule has 0 saturated carbocycles. The first-order chi connectivity index (χ1) is 11.9. The van der Waals surface area contributed by atoms with Crippen molar-refractivity contribution in [3.05, 3.63) is 47.0 Å². The first-order valence-corrected chi connectivity index (χ1v) is 8.25. The van der Waals surface area contributed by atoms with Gasteiger partial charge in [-0.1, -0.05) is 35.9 Å². The van der Waals surface area contributed by atoms with Crippen LogP contribution in [0.4, 0.5) is 0 Å². The zero-order valence-electron chi connectivity index (χ0n) is 14.0. The highest BCUT2D eigenvalue weighted by atomic mass is 16.6. The maximum absolute atomic E-state index is 13.0. The maximum Gasteiger partial charge on any atom is 0.202 e. The second-order valence-electron chi connectivity index (χ2n) is 6.89. The third-order valence-electron chi connectivity index (χ3n) is 5.02.